The molecule has 0 fully saturated rings. The number of hydrogen-bond donors (Lipinski definition) is 2. The number of amides is 1. The number of carbonyl (C=O) groups is 1. The van der Waals surface area contributed by atoms with Crippen molar-refractivity contribution in [1.29, 1.82) is 0 Å². The lowest BCUT2D eigenvalue weighted by molar-refractivity contribution is -0.384. The van der Waals surface area contributed by atoms with Crippen LogP contribution in [0.5, 0.6) is 0 Å². The van der Waals surface area contributed by atoms with Gasteiger partial charge in [0.1, 0.15) is 0 Å². The maximum absolute atomic E-state index is 12.7. The van der Waals surface area contributed by atoms with E-state index < -0.39 is 4.92 Å². The molecule has 0 bridgehead atoms. The second-order valence-corrected chi connectivity index (χ2v) is 10.1. The summed E-state index contributed by atoms with van der Waals surface area (Å²) in [5, 5.41) is 21.3. The summed E-state index contributed by atoms with van der Waals surface area (Å²) in [6.07, 6.45) is 1.60. The molecule has 0 aliphatic rings. The van der Waals surface area contributed by atoms with Gasteiger partial charge in [-0.25, -0.2) is 10.4 Å². The Morgan fingerprint density at radius 1 is 1.02 bits per heavy atom. The molecule has 0 unspecified atom stereocenters. The van der Waals surface area contributed by atoms with E-state index in [1.807, 2.05) is 79.2 Å². The van der Waals surface area contributed by atoms with Gasteiger partial charge in [0.2, 0.25) is 0 Å². The highest BCUT2D eigenvalue weighted by Crippen LogP contribution is 2.28. The predicted octanol–water partition coefficient (Wildman–Crippen LogP) is 6.94. The van der Waals surface area contributed by atoms with Gasteiger partial charge in [-0.2, -0.15) is 5.10 Å². The molecular formula is C30H26N6O3S. The number of benzene rings is 3. The quantitative estimate of drug-likeness (QED) is 0.123. The molecule has 2 aromatic heterocycles. The SMILES string of the molecule is Cc1cc([N+](=O)[O-])ccc1-n1c(C)cc(C=NNC(=O)c2ccc(Nc3nc(-c4ccccc4)cs3)cc2)c1C. The maximum atomic E-state index is 12.7. The molecule has 2 heterocycles. The van der Waals surface area contributed by atoms with E-state index in [9.17, 15) is 14.9 Å². The van der Waals surface area contributed by atoms with Crippen molar-refractivity contribution < 1.29 is 9.72 Å². The summed E-state index contributed by atoms with van der Waals surface area (Å²) in [4.78, 5) is 28.0. The minimum atomic E-state index is -0.403. The number of rotatable bonds is 8. The Morgan fingerprint density at radius 2 is 1.77 bits per heavy atom. The van der Waals surface area contributed by atoms with Gasteiger partial charge in [-0.1, -0.05) is 30.3 Å². The second-order valence-electron chi connectivity index (χ2n) is 9.20. The number of aromatic nitrogens is 2. The molecule has 0 aliphatic carbocycles. The Kier molecular flexibility index (Phi) is 7.52. The molecule has 0 aliphatic heterocycles. The number of aryl methyl sites for hydroxylation is 2. The van der Waals surface area contributed by atoms with E-state index in [1.165, 1.54) is 17.4 Å². The van der Waals surface area contributed by atoms with Crippen LogP contribution in [0, 0.1) is 30.9 Å². The molecular weight excluding hydrogens is 524 g/mol. The molecule has 5 rings (SSSR count). The van der Waals surface area contributed by atoms with Crippen LogP contribution in [0.15, 0.2) is 89.3 Å². The third-order valence-corrected chi connectivity index (χ3v) is 7.20. The Bertz CT molecular complexity index is 1720. The van der Waals surface area contributed by atoms with E-state index in [2.05, 4.69) is 20.8 Å². The summed E-state index contributed by atoms with van der Waals surface area (Å²) in [5.41, 5.74) is 10.2. The molecule has 0 spiro atoms. The van der Waals surface area contributed by atoms with Gasteiger partial charge in [-0.3, -0.25) is 14.9 Å². The summed E-state index contributed by atoms with van der Waals surface area (Å²) < 4.78 is 2.01. The summed E-state index contributed by atoms with van der Waals surface area (Å²) >= 11 is 1.51. The molecule has 40 heavy (non-hydrogen) atoms. The molecule has 1 amide bonds. The molecule has 2 N–H and O–H groups in total. The molecule has 0 saturated heterocycles. The standard InChI is InChI=1S/C30H26N6O3S/c1-19-15-26(36(38)39)13-14-28(19)35-20(2)16-24(21(35)3)17-31-34-29(37)23-9-11-25(12-10-23)32-30-33-27(18-40-30)22-7-5-4-6-8-22/h4-18H,1-3H3,(H,32,33)(H,34,37). The molecule has 0 atom stereocenters. The van der Waals surface area contributed by atoms with Crippen LogP contribution in [-0.2, 0) is 0 Å². The lowest BCUT2D eigenvalue weighted by Gasteiger charge is -2.12. The largest absolute Gasteiger partial charge is 0.332 e. The van der Waals surface area contributed by atoms with Gasteiger partial charge in [0.05, 0.1) is 16.8 Å². The number of carbonyl (C=O) groups excluding carboxylic acids is 1. The van der Waals surface area contributed by atoms with Gasteiger partial charge < -0.3 is 9.88 Å². The zero-order chi connectivity index (χ0) is 28.2. The number of nitro benzene ring substituents is 1. The summed E-state index contributed by atoms with van der Waals surface area (Å²) in [6.45, 7) is 5.73. The first kappa shape index (κ1) is 26.5. The molecule has 0 radical (unpaired) electrons. The van der Waals surface area contributed by atoms with E-state index in [0.717, 1.165) is 50.3 Å². The highest BCUT2D eigenvalue weighted by atomic mass is 32.1. The minimum Gasteiger partial charge on any atom is -0.332 e. The van der Waals surface area contributed by atoms with Gasteiger partial charge in [-0.05, 0) is 62.7 Å². The van der Waals surface area contributed by atoms with Crippen molar-refractivity contribution in [3.05, 3.63) is 122 Å². The fourth-order valence-corrected chi connectivity index (χ4v) is 5.16. The number of nitrogens with zero attached hydrogens (tertiary/aromatic N) is 4. The van der Waals surface area contributed by atoms with E-state index in [0.29, 0.717) is 5.56 Å². The van der Waals surface area contributed by atoms with Crippen LogP contribution in [0.2, 0.25) is 0 Å². The zero-order valence-electron chi connectivity index (χ0n) is 22.1. The Labute approximate surface area is 235 Å². The van der Waals surface area contributed by atoms with Gasteiger partial charge in [0.25, 0.3) is 11.6 Å². The van der Waals surface area contributed by atoms with Crippen molar-refractivity contribution in [2.75, 3.05) is 5.32 Å². The van der Waals surface area contributed by atoms with Crippen molar-refractivity contribution in [2.24, 2.45) is 5.10 Å². The number of hydrogen-bond acceptors (Lipinski definition) is 7. The molecule has 0 saturated carbocycles. The number of nitrogens with one attached hydrogen (secondary N) is 2. The molecule has 5 aromatic rings. The maximum Gasteiger partial charge on any atom is 0.271 e. The molecule has 200 valence electrons. The second kappa shape index (κ2) is 11.3. The lowest BCUT2D eigenvalue weighted by atomic mass is 10.1. The molecule has 9 nitrogen and oxygen atoms in total. The monoisotopic (exact) mass is 550 g/mol. The number of anilines is 2. The predicted molar refractivity (Wildman–Crippen MR) is 159 cm³/mol. The van der Waals surface area contributed by atoms with Gasteiger partial charge in [-0.15, -0.1) is 11.3 Å². The molecule has 10 heteroatoms. The summed E-state index contributed by atoms with van der Waals surface area (Å²) in [6, 6.07) is 23.8. The van der Waals surface area contributed by atoms with E-state index in [4.69, 9.17) is 0 Å². The third kappa shape index (κ3) is 5.67. The van der Waals surface area contributed by atoms with Crippen LogP contribution in [0.25, 0.3) is 16.9 Å². The average molecular weight is 551 g/mol. The van der Waals surface area contributed by atoms with Crippen molar-refractivity contribution in [2.45, 2.75) is 20.8 Å². The van der Waals surface area contributed by atoms with Crippen LogP contribution < -0.4 is 10.7 Å². The van der Waals surface area contributed by atoms with Crippen molar-refractivity contribution in [1.82, 2.24) is 15.0 Å². The number of hydrazone groups is 1. The smallest absolute Gasteiger partial charge is 0.271 e. The highest BCUT2D eigenvalue weighted by Gasteiger charge is 2.14. The van der Waals surface area contributed by atoms with Crippen molar-refractivity contribution in [3.8, 4) is 16.9 Å². The first-order valence-electron chi connectivity index (χ1n) is 12.5. The Hall–Kier alpha value is -5.09. The van der Waals surface area contributed by atoms with Crippen molar-refractivity contribution >= 4 is 40.0 Å². The van der Waals surface area contributed by atoms with Crippen LogP contribution in [0.3, 0.4) is 0 Å². The van der Waals surface area contributed by atoms with Crippen LogP contribution in [-0.4, -0.2) is 26.6 Å². The number of non-ortho nitro benzene ring substituents is 1. The molecule has 3 aromatic carbocycles. The van der Waals surface area contributed by atoms with Crippen LogP contribution in [0.4, 0.5) is 16.5 Å². The van der Waals surface area contributed by atoms with Gasteiger partial charge >= 0.3 is 0 Å². The van der Waals surface area contributed by atoms with Gasteiger partial charge in [0.15, 0.2) is 5.13 Å². The minimum absolute atomic E-state index is 0.0532. The van der Waals surface area contributed by atoms with Crippen LogP contribution in [0.1, 0.15) is 32.9 Å². The first-order valence-corrected chi connectivity index (χ1v) is 13.3. The zero-order valence-corrected chi connectivity index (χ0v) is 22.9. The van der Waals surface area contributed by atoms with Crippen LogP contribution >= 0.6 is 11.3 Å². The fourth-order valence-electron chi connectivity index (χ4n) is 4.42. The number of thiazole rings is 1. The van der Waals surface area contributed by atoms with E-state index in [-0.39, 0.29) is 11.6 Å². The van der Waals surface area contributed by atoms with Crippen molar-refractivity contribution in [3.63, 3.8) is 0 Å². The van der Waals surface area contributed by atoms with E-state index in [1.54, 1.807) is 30.5 Å². The number of nitro groups is 1. The van der Waals surface area contributed by atoms with Gasteiger partial charge in [0, 0.05) is 57.0 Å². The lowest BCUT2D eigenvalue weighted by Crippen LogP contribution is -2.17. The average Bonchev–Trinajstić information content (AvgIpc) is 3.53. The topological polar surface area (TPSA) is 114 Å². The van der Waals surface area contributed by atoms with E-state index >= 15 is 0 Å². The summed E-state index contributed by atoms with van der Waals surface area (Å²) in [7, 11) is 0. The Morgan fingerprint density at radius 3 is 2.48 bits per heavy atom. The normalized spacial score (nSPS) is 11.1. The Balaban J connectivity index is 1.22. The highest BCUT2D eigenvalue weighted by molar-refractivity contribution is 7.14. The third-order valence-electron chi connectivity index (χ3n) is 6.44. The first-order chi connectivity index (χ1) is 19.3. The fraction of sp³-hybridized carbons (Fsp3) is 0.100. The summed E-state index contributed by atoms with van der Waals surface area (Å²) in [5.74, 6) is -0.330.